The fraction of sp³-hybridized carbons (Fsp3) is 0.923. The lowest BCUT2D eigenvalue weighted by Crippen LogP contribution is -2.46. The van der Waals surface area contributed by atoms with Crippen molar-refractivity contribution in [3.05, 3.63) is 0 Å². The van der Waals surface area contributed by atoms with Gasteiger partial charge in [0.25, 0.3) is 0 Å². The molecule has 100 valence electrons. The Kier molecular flexibility index (Phi) is 6.34. The van der Waals surface area contributed by atoms with E-state index >= 15 is 0 Å². The molecule has 0 aromatic carbocycles. The molecule has 0 saturated heterocycles. The highest BCUT2D eigenvalue weighted by atomic mass is 16.5. The summed E-state index contributed by atoms with van der Waals surface area (Å²) in [5.74, 6) is 0.487. The predicted octanol–water partition coefficient (Wildman–Crippen LogP) is 2.24. The summed E-state index contributed by atoms with van der Waals surface area (Å²) >= 11 is 0. The average Bonchev–Trinajstić information content (AvgIpc) is 2.76. The molecular formula is C13H26N2O2. The monoisotopic (exact) mass is 242 g/mol. The van der Waals surface area contributed by atoms with E-state index in [0.717, 1.165) is 19.4 Å². The van der Waals surface area contributed by atoms with Crippen molar-refractivity contribution in [1.82, 2.24) is 10.2 Å². The van der Waals surface area contributed by atoms with E-state index < -0.39 is 0 Å². The molecule has 0 bridgehead atoms. The molecule has 2 amide bonds. The summed E-state index contributed by atoms with van der Waals surface area (Å²) in [6.45, 7) is 6.32. The van der Waals surface area contributed by atoms with Crippen molar-refractivity contribution < 1.29 is 9.53 Å². The summed E-state index contributed by atoms with van der Waals surface area (Å²) in [6, 6.07) is 0.461. The van der Waals surface area contributed by atoms with Gasteiger partial charge in [-0.2, -0.15) is 0 Å². The van der Waals surface area contributed by atoms with E-state index in [1.54, 1.807) is 7.11 Å². The third-order valence-corrected chi connectivity index (χ3v) is 3.12. The summed E-state index contributed by atoms with van der Waals surface area (Å²) in [4.78, 5) is 14.0. The maximum Gasteiger partial charge on any atom is 0.317 e. The van der Waals surface area contributed by atoms with Gasteiger partial charge in [-0.15, -0.1) is 0 Å². The third kappa shape index (κ3) is 5.39. The topological polar surface area (TPSA) is 41.6 Å². The Labute approximate surface area is 105 Å². The quantitative estimate of drug-likeness (QED) is 0.776. The summed E-state index contributed by atoms with van der Waals surface area (Å²) < 4.78 is 5.05. The molecule has 0 aromatic rings. The fourth-order valence-electron chi connectivity index (χ4n) is 2.25. The molecule has 1 aliphatic rings. The minimum absolute atomic E-state index is 0.0719. The average molecular weight is 242 g/mol. The van der Waals surface area contributed by atoms with Gasteiger partial charge in [0.2, 0.25) is 0 Å². The zero-order valence-electron chi connectivity index (χ0n) is 11.4. The first-order chi connectivity index (χ1) is 8.13. The van der Waals surface area contributed by atoms with Crippen molar-refractivity contribution in [1.29, 1.82) is 0 Å². The smallest absolute Gasteiger partial charge is 0.317 e. The molecule has 0 radical (unpaired) electrons. The van der Waals surface area contributed by atoms with E-state index in [4.69, 9.17) is 4.74 Å². The van der Waals surface area contributed by atoms with Crippen LogP contribution in [0.4, 0.5) is 4.79 Å². The number of methoxy groups -OCH3 is 1. The first-order valence-corrected chi connectivity index (χ1v) is 6.68. The molecular weight excluding hydrogens is 216 g/mol. The van der Waals surface area contributed by atoms with E-state index in [9.17, 15) is 4.79 Å². The van der Waals surface area contributed by atoms with Crippen LogP contribution in [0.25, 0.3) is 0 Å². The largest absolute Gasteiger partial charge is 0.383 e. The fourth-order valence-corrected chi connectivity index (χ4v) is 2.25. The summed E-state index contributed by atoms with van der Waals surface area (Å²) in [5.41, 5.74) is 0. The second kappa shape index (κ2) is 7.54. The molecule has 0 spiro atoms. The van der Waals surface area contributed by atoms with Gasteiger partial charge < -0.3 is 15.0 Å². The van der Waals surface area contributed by atoms with E-state index in [1.807, 2.05) is 4.90 Å². The van der Waals surface area contributed by atoms with Crippen LogP contribution >= 0.6 is 0 Å². The Morgan fingerprint density at radius 3 is 2.59 bits per heavy atom. The predicted molar refractivity (Wildman–Crippen MR) is 69.1 cm³/mol. The standard InChI is InChI=1S/C13H26N2O2/c1-11(2)10-15(8-9-17-3)13(16)14-12-6-4-5-7-12/h11-12H,4-10H2,1-3H3,(H,14,16). The molecule has 0 aromatic heterocycles. The van der Waals surface area contributed by atoms with Crippen LogP contribution in [0.5, 0.6) is 0 Å². The lowest BCUT2D eigenvalue weighted by atomic mass is 10.2. The zero-order valence-corrected chi connectivity index (χ0v) is 11.4. The van der Waals surface area contributed by atoms with E-state index in [1.165, 1.54) is 12.8 Å². The van der Waals surface area contributed by atoms with Crippen LogP contribution in [0.3, 0.4) is 0 Å². The first-order valence-electron chi connectivity index (χ1n) is 6.68. The zero-order chi connectivity index (χ0) is 12.7. The molecule has 17 heavy (non-hydrogen) atoms. The van der Waals surface area contributed by atoms with Gasteiger partial charge in [-0.25, -0.2) is 4.79 Å². The molecule has 1 fully saturated rings. The van der Waals surface area contributed by atoms with Crippen LogP contribution in [-0.2, 0) is 4.74 Å². The minimum Gasteiger partial charge on any atom is -0.383 e. The highest BCUT2D eigenvalue weighted by Crippen LogP contribution is 2.17. The number of ether oxygens (including phenoxy) is 1. The Morgan fingerprint density at radius 1 is 1.41 bits per heavy atom. The van der Waals surface area contributed by atoms with Crippen LogP contribution in [0.15, 0.2) is 0 Å². The molecule has 1 saturated carbocycles. The number of carbonyl (C=O) groups is 1. The maximum atomic E-state index is 12.1. The van der Waals surface area contributed by atoms with E-state index in [-0.39, 0.29) is 6.03 Å². The number of nitrogens with one attached hydrogen (secondary N) is 1. The summed E-state index contributed by atoms with van der Waals surface area (Å²) in [7, 11) is 1.67. The summed E-state index contributed by atoms with van der Waals surface area (Å²) in [5, 5.41) is 3.12. The molecule has 1 N–H and O–H groups in total. The van der Waals surface area contributed by atoms with Crippen molar-refractivity contribution in [2.24, 2.45) is 5.92 Å². The van der Waals surface area contributed by atoms with Gasteiger partial charge in [-0.3, -0.25) is 0 Å². The number of carbonyl (C=O) groups excluding carboxylic acids is 1. The normalized spacial score (nSPS) is 16.5. The Bertz CT molecular complexity index is 225. The first kappa shape index (κ1) is 14.3. The number of amides is 2. The number of nitrogens with zero attached hydrogens (tertiary/aromatic N) is 1. The highest BCUT2D eigenvalue weighted by molar-refractivity contribution is 5.74. The second-order valence-electron chi connectivity index (χ2n) is 5.26. The van der Waals surface area contributed by atoms with Gasteiger partial charge in [0.1, 0.15) is 0 Å². The molecule has 0 atom stereocenters. The van der Waals surface area contributed by atoms with Crippen LogP contribution in [0, 0.1) is 5.92 Å². The number of rotatable bonds is 6. The van der Waals surface area contributed by atoms with Crippen molar-refractivity contribution in [3.63, 3.8) is 0 Å². The SMILES string of the molecule is COCCN(CC(C)C)C(=O)NC1CCCC1. The number of hydrogen-bond donors (Lipinski definition) is 1. The number of hydrogen-bond acceptors (Lipinski definition) is 2. The lowest BCUT2D eigenvalue weighted by molar-refractivity contribution is 0.142. The van der Waals surface area contributed by atoms with Crippen molar-refractivity contribution in [2.45, 2.75) is 45.6 Å². The van der Waals surface area contributed by atoms with Crippen molar-refractivity contribution >= 4 is 6.03 Å². The van der Waals surface area contributed by atoms with Gasteiger partial charge in [-0.05, 0) is 18.8 Å². The molecule has 0 unspecified atom stereocenters. The lowest BCUT2D eigenvalue weighted by Gasteiger charge is -2.26. The molecule has 4 heteroatoms. The van der Waals surface area contributed by atoms with Gasteiger partial charge in [0.15, 0.2) is 0 Å². The maximum absolute atomic E-state index is 12.1. The molecule has 0 aliphatic heterocycles. The Balaban J connectivity index is 2.39. The van der Waals surface area contributed by atoms with Crippen LogP contribution in [0.1, 0.15) is 39.5 Å². The van der Waals surface area contributed by atoms with Crippen molar-refractivity contribution in [2.75, 3.05) is 26.8 Å². The van der Waals surface area contributed by atoms with E-state index in [0.29, 0.717) is 25.1 Å². The van der Waals surface area contributed by atoms with Gasteiger partial charge in [-0.1, -0.05) is 26.7 Å². The molecule has 1 aliphatic carbocycles. The minimum atomic E-state index is 0.0719. The summed E-state index contributed by atoms with van der Waals surface area (Å²) in [6.07, 6.45) is 4.75. The highest BCUT2D eigenvalue weighted by Gasteiger charge is 2.21. The molecule has 4 nitrogen and oxygen atoms in total. The third-order valence-electron chi connectivity index (χ3n) is 3.12. The van der Waals surface area contributed by atoms with Gasteiger partial charge in [0.05, 0.1) is 6.61 Å². The van der Waals surface area contributed by atoms with E-state index in [2.05, 4.69) is 19.2 Å². The number of urea groups is 1. The van der Waals surface area contributed by atoms with Gasteiger partial charge >= 0.3 is 6.03 Å². The van der Waals surface area contributed by atoms with Crippen LogP contribution in [-0.4, -0.2) is 43.8 Å². The van der Waals surface area contributed by atoms with Crippen LogP contribution < -0.4 is 5.32 Å². The second-order valence-corrected chi connectivity index (χ2v) is 5.26. The van der Waals surface area contributed by atoms with Crippen LogP contribution in [0.2, 0.25) is 0 Å². The Morgan fingerprint density at radius 2 is 2.06 bits per heavy atom. The van der Waals surface area contributed by atoms with Gasteiger partial charge in [0, 0.05) is 26.2 Å². The van der Waals surface area contributed by atoms with Crippen molar-refractivity contribution in [3.8, 4) is 0 Å². The molecule has 0 heterocycles. The molecule has 1 rings (SSSR count). The Hall–Kier alpha value is -0.770.